The Morgan fingerprint density at radius 3 is 2.77 bits per heavy atom. The monoisotopic (exact) mass is 307 g/mol. The second-order valence-electron chi connectivity index (χ2n) is 7.61. The van der Waals surface area contributed by atoms with Crippen molar-refractivity contribution in [3.63, 3.8) is 0 Å². The van der Waals surface area contributed by atoms with E-state index in [0.29, 0.717) is 23.8 Å². The van der Waals surface area contributed by atoms with Crippen LogP contribution in [-0.4, -0.2) is 23.3 Å². The first-order chi connectivity index (χ1) is 10.2. The molecule has 3 atom stereocenters. The average Bonchev–Trinajstić information content (AvgIpc) is 3.08. The maximum Gasteiger partial charge on any atom is 0.305 e. The molecule has 122 valence electrons. The minimum Gasteiger partial charge on any atom is -0.469 e. The van der Waals surface area contributed by atoms with Crippen LogP contribution >= 0.6 is 0 Å². The van der Waals surface area contributed by atoms with Gasteiger partial charge in [-0.3, -0.25) is 4.79 Å². The van der Waals surface area contributed by atoms with Crippen LogP contribution < -0.4 is 0 Å². The molecule has 22 heavy (non-hydrogen) atoms. The molecular formula is C17H25NO4. The van der Waals surface area contributed by atoms with Crippen molar-refractivity contribution in [3.05, 3.63) is 17.5 Å². The number of rotatable bonds is 4. The molecule has 0 aliphatic heterocycles. The second-order valence-corrected chi connectivity index (χ2v) is 7.61. The maximum atomic E-state index is 11.4. The van der Waals surface area contributed by atoms with Crippen LogP contribution in [0.3, 0.4) is 0 Å². The molecule has 1 aromatic rings. The molecular weight excluding hydrogens is 282 g/mol. The fraction of sp³-hybridized carbons (Fsp3) is 0.765. The van der Waals surface area contributed by atoms with E-state index in [-0.39, 0.29) is 23.2 Å². The van der Waals surface area contributed by atoms with Gasteiger partial charge >= 0.3 is 5.97 Å². The molecule has 5 heteroatoms. The van der Waals surface area contributed by atoms with Crippen LogP contribution in [0.1, 0.15) is 57.9 Å². The van der Waals surface area contributed by atoms with E-state index in [9.17, 15) is 9.90 Å². The smallest absolute Gasteiger partial charge is 0.305 e. The zero-order valence-corrected chi connectivity index (χ0v) is 13.8. The van der Waals surface area contributed by atoms with Crippen LogP contribution in [0.4, 0.5) is 0 Å². The zero-order valence-electron chi connectivity index (χ0n) is 13.8. The number of aromatic nitrogens is 1. The maximum absolute atomic E-state index is 11.4. The third-order valence-electron chi connectivity index (χ3n) is 6.67. The second kappa shape index (κ2) is 4.82. The number of ether oxygens (including phenoxy) is 1. The van der Waals surface area contributed by atoms with Gasteiger partial charge in [0.2, 0.25) is 0 Å². The van der Waals surface area contributed by atoms with Crippen LogP contribution in [0.5, 0.6) is 0 Å². The van der Waals surface area contributed by atoms with Crippen LogP contribution in [-0.2, 0) is 21.6 Å². The topological polar surface area (TPSA) is 72.6 Å². The Bertz CT molecular complexity index is 593. The van der Waals surface area contributed by atoms with Gasteiger partial charge in [0.1, 0.15) is 5.60 Å². The molecule has 0 saturated heterocycles. The minimum atomic E-state index is -0.962. The number of esters is 1. The first-order valence-electron chi connectivity index (χ1n) is 8.00. The third kappa shape index (κ3) is 1.87. The lowest BCUT2D eigenvalue weighted by Gasteiger charge is -2.43. The molecule has 1 N–H and O–H groups in total. The molecule has 2 fully saturated rings. The molecule has 2 bridgehead atoms. The van der Waals surface area contributed by atoms with Crippen LogP contribution in [0.25, 0.3) is 0 Å². The molecule has 0 unspecified atom stereocenters. The first-order valence-corrected chi connectivity index (χ1v) is 8.00. The molecule has 2 aliphatic rings. The summed E-state index contributed by atoms with van der Waals surface area (Å²) in [4.78, 5) is 11.2. The Hall–Kier alpha value is -1.36. The van der Waals surface area contributed by atoms with Gasteiger partial charge in [-0.25, -0.2) is 0 Å². The van der Waals surface area contributed by atoms with Gasteiger partial charge in [0.25, 0.3) is 0 Å². The highest BCUT2D eigenvalue weighted by atomic mass is 16.5. The number of carbonyl (C=O) groups is 1. The lowest BCUT2D eigenvalue weighted by Crippen LogP contribution is -2.44. The first kappa shape index (κ1) is 15.5. The van der Waals surface area contributed by atoms with Gasteiger partial charge in [-0.2, -0.15) is 0 Å². The zero-order chi connectivity index (χ0) is 16.2. The average molecular weight is 307 g/mol. The highest BCUT2D eigenvalue weighted by Gasteiger charge is 2.70. The molecule has 5 nitrogen and oxygen atoms in total. The summed E-state index contributed by atoms with van der Waals surface area (Å²) in [7, 11) is 1.37. The van der Waals surface area contributed by atoms with E-state index >= 15 is 0 Å². The van der Waals surface area contributed by atoms with E-state index in [1.807, 2.05) is 6.07 Å². The van der Waals surface area contributed by atoms with Gasteiger partial charge < -0.3 is 14.4 Å². The molecule has 0 aromatic carbocycles. The van der Waals surface area contributed by atoms with E-state index in [0.717, 1.165) is 19.3 Å². The van der Waals surface area contributed by atoms with Crippen LogP contribution in [0.15, 0.2) is 10.6 Å². The van der Waals surface area contributed by atoms with Crippen molar-refractivity contribution in [2.45, 2.75) is 58.5 Å². The van der Waals surface area contributed by atoms with Crippen LogP contribution in [0, 0.1) is 16.7 Å². The fourth-order valence-electron chi connectivity index (χ4n) is 4.60. The number of carbonyl (C=O) groups excluding carboxylic acids is 1. The summed E-state index contributed by atoms with van der Waals surface area (Å²) >= 11 is 0. The van der Waals surface area contributed by atoms with Gasteiger partial charge in [0.05, 0.1) is 19.2 Å². The molecule has 0 spiro atoms. The van der Waals surface area contributed by atoms with Crippen molar-refractivity contribution in [1.82, 2.24) is 5.16 Å². The normalized spacial score (nSPS) is 35.8. The van der Waals surface area contributed by atoms with E-state index < -0.39 is 5.60 Å². The van der Waals surface area contributed by atoms with Gasteiger partial charge in [0, 0.05) is 17.9 Å². The summed E-state index contributed by atoms with van der Waals surface area (Å²) in [5.41, 5.74) is -0.390. The molecule has 1 aromatic heterocycles. The Labute approximate surface area is 131 Å². The molecule has 0 amide bonds. The summed E-state index contributed by atoms with van der Waals surface area (Å²) in [6.45, 7) is 6.66. The number of fused-ring (bicyclic) bond motifs is 2. The van der Waals surface area contributed by atoms with E-state index in [2.05, 4.69) is 30.7 Å². The predicted molar refractivity (Wildman–Crippen MR) is 80.0 cm³/mol. The lowest BCUT2D eigenvalue weighted by atomic mass is 9.63. The molecule has 3 rings (SSSR count). The van der Waals surface area contributed by atoms with Crippen molar-refractivity contribution in [2.24, 2.45) is 16.7 Å². The van der Waals surface area contributed by atoms with E-state index in [1.165, 1.54) is 7.11 Å². The van der Waals surface area contributed by atoms with Crippen molar-refractivity contribution >= 4 is 5.97 Å². The number of aryl methyl sites for hydroxylation is 1. The van der Waals surface area contributed by atoms with Gasteiger partial charge in [0.15, 0.2) is 5.76 Å². The van der Waals surface area contributed by atoms with E-state index in [4.69, 9.17) is 4.52 Å². The summed E-state index contributed by atoms with van der Waals surface area (Å²) in [6.07, 6.45) is 3.62. The summed E-state index contributed by atoms with van der Waals surface area (Å²) in [5, 5.41) is 15.4. The van der Waals surface area contributed by atoms with Gasteiger partial charge in [-0.15, -0.1) is 0 Å². The Balaban J connectivity index is 1.83. The largest absolute Gasteiger partial charge is 0.469 e. The van der Waals surface area contributed by atoms with E-state index in [1.54, 1.807) is 0 Å². The summed E-state index contributed by atoms with van der Waals surface area (Å²) in [5.74, 6) is 0.785. The minimum absolute atomic E-state index is 0.0840. The van der Waals surface area contributed by atoms with Gasteiger partial charge in [-0.05, 0) is 30.6 Å². The fourth-order valence-corrected chi connectivity index (χ4v) is 4.60. The molecule has 2 aliphatic carbocycles. The standard InChI is InChI=1S/C17H25NO4/c1-15(2)11-7-8-16(15,3)17(20,10-11)13-9-12(18-22-13)5-6-14(19)21-4/h9,11,20H,5-8,10H2,1-4H3/t11-,16-,17+/m1/s1. The lowest BCUT2D eigenvalue weighted by molar-refractivity contribution is -0.140. The number of methoxy groups -OCH3 is 1. The summed E-state index contributed by atoms with van der Waals surface area (Å²) < 4.78 is 10.1. The van der Waals surface area contributed by atoms with Gasteiger partial charge in [-0.1, -0.05) is 25.9 Å². The van der Waals surface area contributed by atoms with Crippen molar-refractivity contribution in [2.75, 3.05) is 7.11 Å². The third-order valence-corrected chi connectivity index (χ3v) is 6.67. The SMILES string of the molecule is COC(=O)CCc1cc([C@@]2(O)C[C@H]3CC[C@]2(C)C3(C)C)on1. The summed E-state index contributed by atoms with van der Waals surface area (Å²) in [6, 6.07) is 1.81. The number of aliphatic hydroxyl groups is 1. The van der Waals surface area contributed by atoms with Crippen molar-refractivity contribution in [3.8, 4) is 0 Å². The predicted octanol–water partition coefficient (Wildman–Crippen LogP) is 2.81. The van der Waals surface area contributed by atoms with Crippen molar-refractivity contribution < 1.29 is 19.2 Å². The Kier molecular flexibility index (Phi) is 3.40. The molecule has 0 radical (unpaired) electrons. The highest BCUT2D eigenvalue weighted by Crippen LogP contribution is 2.72. The quantitative estimate of drug-likeness (QED) is 0.866. The number of hydrogen-bond acceptors (Lipinski definition) is 5. The number of nitrogens with zero attached hydrogens (tertiary/aromatic N) is 1. The van der Waals surface area contributed by atoms with Crippen molar-refractivity contribution in [1.29, 1.82) is 0 Å². The van der Waals surface area contributed by atoms with Crippen LogP contribution in [0.2, 0.25) is 0 Å². The Morgan fingerprint density at radius 1 is 1.50 bits per heavy atom. The Morgan fingerprint density at radius 2 is 2.23 bits per heavy atom. The molecule has 2 saturated carbocycles. The number of hydrogen-bond donors (Lipinski definition) is 1. The molecule has 1 heterocycles. The highest BCUT2D eigenvalue weighted by molar-refractivity contribution is 5.69.